The highest BCUT2D eigenvalue weighted by atomic mass is 35.5. The maximum absolute atomic E-state index is 15.0. The molecule has 1 aliphatic rings. The summed E-state index contributed by atoms with van der Waals surface area (Å²) in [7, 11) is -4.25. The quantitative estimate of drug-likeness (QED) is 0.317. The van der Waals surface area contributed by atoms with Gasteiger partial charge in [-0.3, -0.25) is 9.29 Å². The number of pyridine rings is 1. The molecular formula is C25H24ClF2N7O4S. The highest BCUT2D eigenvalue weighted by molar-refractivity contribution is 7.93. The summed E-state index contributed by atoms with van der Waals surface area (Å²) in [6.07, 6.45) is 2.77. The Morgan fingerprint density at radius 3 is 2.58 bits per heavy atom. The SMILES string of the molecule is CC(C)O[C@@H](c1ncc(Cl)cn1)[C@H](C)S(=O)(=O)Nc1nnc2n1[C@@H](c1ccc(F)cc1F)COc1ncccc1-2. The van der Waals surface area contributed by atoms with E-state index in [4.69, 9.17) is 21.1 Å². The molecule has 0 radical (unpaired) electrons. The van der Waals surface area contributed by atoms with Crippen molar-refractivity contribution in [1.29, 1.82) is 0 Å². The van der Waals surface area contributed by atoms with Crippen LogP contribution in [0.25, 0.3) is 11.4 Å². The molecule has 40 heavy (non-hydrogen) atoms. The first-order valence-electron chi connectivity index (χ1n) is 12.2. The normalized spacial score (nSPS) is 16.4. The number of nitrogens with zero attached hydrogens (tertiary/aromatic N) is 6. The van der Waals surface area contributed by atoms with Crippen LogP contribution in [-0.2, 0) is 14.8 Å². The minimum Gasteiger partial charge on any atom is -0.475 e. The van der Waals surface area contributed by atoms with Gasteiger partial charge >= 0.3 is 0 Å². The molecule has 0 fully saturated rings. The van der Waals surface area contributed by atoms with Crippen LogP contribution in [0, 0.1) is 11.6 Å². The van der Waals surface area contributed by atoms with Crippen LogP contribution in [0.2, 0.25) is 5.02 Å². The number of hydrogen-bond acceptors (Lipinski definition) is 9. The van der Waals surface area contributed by atoms with Crippen molar-refractivity contribution in [2.75, 3.05) is 11.3 Å². The molecule has 4 heterocycles. The predicted molar refractivity (Wildman–Crippen MR) is 141 cm³/mol. The number of rotatable bonds is 8. The number of hydrogen-bond donors (Lipinski definition) is 1. The molecule has 0 amide bonds. The molecule has 0 bridgehead atoms. The van der Waals surface area contributed by atoms with Gasteiger partial charge in [0.2, 0.25) is 21.9 Å². The number of nitrogens with one attached hydrogen (secondary N) is 1. The van der Waals surface area contributed by atoms with E-state index in [-0.39, 0.29) is 46.8 Å². The smallest absolute Gasteiger partial charge is 0.240 e. The Kier molecular flexibility index (Phi) is 7.66. The molecule has 1 aromatic carbocycles. The summed E-state index contributed by atoms with van der Waals surface area (Å²) < 4.78 is 71.8. The third kappa shape index (κ3) is 5.46. The first kappa shape index (κ1) is 27.8. The van der Waals surface area contributed by atoms with Crippen molar-refractivity contribution in [3.05, 3.63) is 77.0 Å². The second-order valence-corrected chi connectivity index (χ2v) is 11.8. The second-order valence-electron chi connectivity index (χ2n) is 9.28. The Bertz CT molecular complexity index is 1640. The Morgan fingerprint density at radius 2 is 1.88 bits per heavy atom. The second kappa shape index (κ2) is 11.0. The van der Waals surface area contributed by atoms with Gasteiger partial charge in [-0.25, -0.2) is 32.2 Å². The summed E-state index contributed by atoms with van der Waals surface area (Å²) in [5, 5.41) is 7.33. The fourth-order valence-electron chi connectivity index (χ4n) is 4.28. The molecule has 0 saturated heterocycles. The molecule has 1 N–H and O–H groups in total. The lowest BCUT2D eigenvalue weighted by atomic mass is 10.1. The Morgan fingerprint density at radius 1 is 1.12 bits per heavy atom. The van der Waals surface area contributed by atoms with Crippen molar-refractivity contribution in [2.45, 2.75) is 44.3 Å². The standard InChI is InChI=1S/C25H24ClF2N7O4S/c1-13(2)39-21(22-30-10-15(26)11-31-22)14(3)40(36,37)34-25-33-32-23-18-5-4-8-29-24(18)38-12-20(35(23)25)17-7-6-16(27)9-19(17)28/h4-11,13-14,20-21H,12H2,1-3H3,(H,33,34)/t14-,20+,21+/m0/s1. The molecule has 3 aromatic heterocycles. The number of benzene rings is 1. The van der Waals surface area contributed by atoms with E-state index in [9.17, 15) is 17.2 Å². The molecule has 0 aliphatic carbocycles. The zero-order valence-electron chi connectivity index (χ0n) is 21.5. The highest BCUT2D eigenvalue weighted by Gasteiger charge is 2.37. The average molecular weight is 592 g/mol. The maximum Gasteiger partial charge on any atom is 0.240 e. The topological polar surface area (TPSA) is 134 Å². The van der Waals surface area contributed by atoms with Crippen LogP contribution in [0.3, 0.4) is 0 Å². The third-order valence-corrected chi connectivity index (χ3v) is 8.07. The monoisotopic (exact) mass is 591 g/mol. The van der Waals surface area contributed by atoms with Gasteiger partial charge in [0.05, 0.1) is 16.7 Å². The minimum atomic E-state index is -4.25. The molecule has 0 saturated carbocycles. The first-order valence-corrected chi connectivity index (χ1v) is 14.1. The number of halogens is 3. The lowest BCUT2D eigenvalue weighted by Gasteiger charge is -2.26. The third-order valence-electron chi connectivity index (χ3n) is 6.18. The van der Waals surface area contributed by atoms with Crippen molar-refractivity contribution in [3.8, 4) is 17.3 Å². The molecule has 11 nitrogen and oxygen atoms in total. The molecule has 0 spiro atoms. The van der Waals surface area contributed by atoms with Crippen molar-refractivity contribution in [3.63, 3.8) is 0 Å². The van der Waals surface area contributed by atoms with Crippen molar-refractivity contribution < 1.29 is 26.7 Å². The van der Waals surface area contributed by atoms with Crippen LogP contribution < -0.4 is 9.46 Å². The molecular weight excluding hydrogens is 568 g/mol. The number of anilines is 1. The van der Waals surface area contributed by atoms with Crippen molar-refractivity contribution >= 4 is 27.6 Å². The predicted octanol–water partition coefficient (Wildman–Crippen LogP) is 4.34. The fraction of sp³-hybridized carbons (Fsp3) is 0.320. The zero-order valence-corrected chi connectivity index (χ0v) is 23.1. The highest BCUT2D eigenvalue weighted by Crippen LogP contribution is 2.38. The lowest BCUT2D eigenvalue weighted by molar-refractivity contribution is 0.00154. The van der Waals surface area contributed by atoms with E-state index in [1.165, 1.54) is 36.1 Å². The van der Waals surface area contributed by atoms with Crippen LogP contribution in [0.4, 0.5) is 14.7 Å². The van der Waals surface area contributed by atoms with Crippen LogP contribution in [0.15, 0.2) is 48.9 Å². The average Bonchev–Trinajstić information content (AvgIpc) is 3.23. The van der Waals surface area contributed by atoms with Gasteiger partial charge in [-0.15, -0.1) is 10.2 Å². The molecule has 210 valence electrons. The number of ether oxygens (including phenoxy) is 2. The summed E-state index contributed by atoms with van der Waals surface area (Å²) in [6, 6.07) is 5.43. The lowest BCUT2D eigenvalue weighted by Crippen LogP contribution is -2.35. The summed E-state index contributed by atoms with van der Waals surface area (Å²) in [4.78, 5) is 12.5. The Labute approximate surface area is 233 Å². The zero-order chi connectivity index (χ0) is 28.6. The summed E-state index contributed by atoms with van der Waals surface area (Å²) in [5.41, 5.74) is 0.452. The summed E-state index contributed by atoms with van der Waals surface area (Å²) in [6.45, 7) is 4.77. The fourth-order valence-corrected chi connectivity index (χ4v) is 5.46. The van der Waals surface area contributed by atoms with Gasteiger partial charge in [-0.2, -0.15) is 0 Å². The van der Waals surface area contributed by atoms with Gasteiger partial charge in [0.25, 0.3) is 0 Å². The number of sulfonamides is 1. The van der Waals surface area contributed by atoms with E-state index in [0.717, 1.165) is 12.1 Å². The number of fused-ring (bicyclic) bond motifs is 3. The summed E-state index contributed by atoms with van der Waals surface area (Å²) >= 11 is 5.91. The van der Waals surface area contributed by atoms with Gasteiger partial charge in [0.15, 0.2) is 11.6 Å². The van der Waals surface area contributed by atoms with E-state index < -0.39 is 39.1 Å². The van der Waals surface area contributed by atoms with E-state index in [1.54, 1.807) is 26.0 Å². The van der Waals surface area contributed by atoms with Gasteiger partial charge < -0.3 is 9.47 Å². The van der Waals surface area contributed by atoms with E-state index in [2.05, 4.69) is 29.9 Å². The van der Waals surface area contributed by atoms with E-state index in [1.807, 2.05) is 0 Å². The van der Waals surface area contributed by atoms with Crippen LogP contribution in [-0.4, -0.2) is 56.1 Å². The number of aromatic nitrogens is 6. The summed E-state index contributed by atoms with van der Waals surface area (Å²) in [5.74, 6) is -1.32. The molecule has 15 heteroatoms. The van der Waals surface area contributed by atoms with Crippen LogP contribution in [0.1, 0.15) is 44.3 Å². The van der Waals surface area contributed by atoms with E-state index >= 15 is 0 Å². The van der Waals surface area contributed by atoms with Crippen molar-refractivity contribution in [1.82, 2.24) is 29.7 Å². The van der Waals surface area contributed by atoms with Gasteiger partial charge in [0.1, 0.15) is 35.6 Å². The molecule has 5 rings (SSSR count). The molecule has 1 aliphatic heterocycles. The Hall–Kier alpha value is -3.75. The molecule has 3 atom stereocenters. The Balaban J connectivity index is 1.58. The van der Waals surface area contributed by atoms with Gasteiger partial charge in [-0.05, 0) is 39.0 Å². The van der Waals surface area contributed by atoms with Crippen LogP contribution in [0.5, 0.6) is 5.88 Å². The van der Waals surface area contributed by atoms with E-state index in [0.29, 0.717) is 5.56 Å². The molecule has 0 unspecified atom stereocenters. The maximum atomic E-state index is 15.0. The largest absolute Gasteiger partial charge is 0.475 e. The van der Waals surface area contributed by atoms with Crippen molar-refractivity contribution in [2.24, 2.45) is 0 Å². The van der Waals surface area contributed by atoms with Crippen LogP contribution >= 0.6 is 11.6 Å². The first-order chi connectivity index (χ1) is 19.0. The minimum absolute atomic E-state index is 0.0411. The van der Waals surface area contributed by atoms with Gasteiger partial charge in [0, 0.05) is 30.2 Å². The van der Waals surface area contributed by atoms with Gasteiger partial charge in [-0.1, -0.05) is 17.7 Å². The molecule has 4 aromatic rings.